The van der Waals surface area contributed by atoms with Crippen molar-refractivity contribution in [3.8, 4) is 0 Å². The number of amides is 4. The molecular formula is C34H30N4O4. The largest absolute Gasteiger partial charge is 0.323 e. The van der Waals surface area contributed by atoms with Crippen LogP contribution in [-0.2, 0) is 32.0 Å². The van der Waals surface area contributed by atoms with Gasteiger partial charge < -0.3 is 21.3 Å². The highest BCUT2D eigenvalue weighted by molar-refractivity contribution is 6.07. The summed E-state index contributed by atoms with van der Waals surface area (Å²) in [5.74, 6) is -1.57. The summed E-state index contributed by atoms with van der Waals surface area (Å²) in [7, 11) is 0. The van der Waals surface area contributed by atoms with Gasteiger partial charge >= 0.3 is 0 Å². The van der Waals surface area contributed by atoms with Crippen molar-refractivity contribution in [2.45, 2.75) is 12.8 Å². The maximum absolute atomic E-state index is 12.2. The molecule has 4 amide bonds. The average molecular weight is 559 g/mol. The van der Waals surface area contributed by atoms with Crippen LogP contribution in [0.3, 0.4) is 0 Å². The molecule has 0 saturated carbocycles. The van der Waals surface area contributed by atoms with Crippen LogP contribution in [0.2, 0.25) is 0 Å². The molecule has 0 radical (unpaired) electrons. The normalized spacial score (nSPS) is 10.8. The minimum Gasteiger partial charge on any atom is -0.323 e. The van der Waals surface area contributed by atoms with E-state index in [9.17, 15) is 19.2 Å². The van der Waals surface area contributed by atoms with Crippen molar-refractivity contribution < 1.29 is 19.2 Å². The Morgan fingerprint density at radius 3 is 0.929 bits per heavy atom. The van der Waals surface area contributed by atoms with Crippen LogP contribution < -0.4 is 21.3 Å². The van der Waals surface area contributed by atoms with Crippen molar-refractivity contribution in [1.29, 1.82) is 0 Å². The highest BCUT2D eigenvalue weighted by atomic mass is 16.2. The first-order valence-corrected chi connectivity index (χ1v) is 13.3. The standard InChI is InChI=1S/C34H30N4O4/c39-31(35-27-7-3-1-4-8-27)21-23-33(41)37-29-17-13-25(14-18-29)11-12-26-15-19-30(20-16-26)38-34(42)24-22-32(40)36-28-9-5-2-6-10-28/h1-10,13-24H,11-12H2,(H,35,39)(H,36,40)(H,37,41)(H,38,42)/b23-21-,24-22-. The summed E-state index contributed by atoms with van der Waals surface area (Å²) in [5, 5.41) is 10.9. The van der Waals surface area contributed by atoms with Crippen molar-refractivity contribution in [3.63, 3.8) is 0 Å². The van der Waals surface area contributed by atoms with Crippen LogP contribution >= 0.6 is 0 Å². The molecule has 0 spiro atoms. The summed E-state index contributed by atoms with van der Waals surface area (Å²) in [6, 6.07) is 33.0. The quantitative estimate of drug-likeness (QED) is 0.176. The zero-order chi connectivity index (χ0) is 29.6. The molecule has 0 atom stereocenters. The van der Waals surface area contributed by atoms with Gasteiger partial charge in [0, 0.05) is 47.1 Å². The number of anilines is 4. The van der Waals surface area contributed by atoms with E-state index in [-0.39, 0.29) is 11.8 Å². The molecule has 210 valence electrons. The van der Waals surface area contributed by atoms with Crippen molar-refractivity contribution >= 4 is 46.4 Å². The molecule has 0 aliphatic heterocycles. The van der Waals surface area contributed by atoms with E-state index in [1.165, 1.54) is 24.3 Å². The van der Waals surface area contributed by atoms with Gasteiger partial charge in [0.25, 0.3) is 0 Å². The predicted molar refractivity (Wildman–Crippen MR) is 166 cm³/mol. The van der Waals surface area contributed by atoms with Crippen LogP contribution in [0.1, 0.15) is 11.1 Å². The predicted octanol–water partition coefficient (Wildman–Crippen LogP) is 5.74. The van der Waals surface area contributed by atoms with Gasteiger partial charge in [-0.2, -0.15) is 0 Å². The Hall–Kier alpha value is -5.76. The van der Waals surface area contributed by atoms with Gasteiger partial charge in [0.1, 0.15) is 0 Å². The van der Waals surface area contributed by atoms with E-state index in [4.69, 9.17) is 0 Å². The Labute approximate surface area is 244 Å². The summed E-state index contributed by atoms with van der Waals surface area (Å²) < 4.78 is 0. The van der Waals surface area contributed by atoms with Crippen LogP contribution in [0.5, 0.6) is 0 Å². The van der Waals surface area contributed by atoms with E-state index >= 15 is 0 Å². The molecule has 8 heteroatoms. The van der Waals surface area contributed by atoms with Gasteiger partial charge in [0.2, 0.25) is 23.6 Å². The number of nitrogens with one attached hydrogen (secondary N) is 4. The Bertz CT molecular complexity index is 1440. The SMILES string of the molecule is O=C(/C=C\C(=O)Nc1ccc(CCc2ccc(NC(=O)/C=C\C(=O)Nc3ccccc3)cc2)cc1)Nc1ccccc1. The number of carbonyl (C=O) groups excluding carboxylic acids is 4. The molecule has 0 heterocycles. The van der Waals surface area contributed by atoms with Gasteiger partial charge in [-0.1, -0.05) is 60.7 Å². The molecule has 0 bridgehead atoms. The molecule has 0 fully saturated rings. The van der Waals surface area contributed by atoms with Crippen LogP contribution in [0.15, 0.2) is 133 Å². The third-order valence-corrected chi connectivity index (χ3v) is 6.00. The van der Waals surface area contributed by atoms with Gasteiger partial charge in [-0.25, -0.2) is 0 Å². The average Bonchev–Trinajstić information content (AvgIpc) is 3.00. The molecule has 4 aromatic carbocycles. The number of hydrogen-bond donors (Lipinski definition) is 4. The Morgan fingerprint density at radius 2 is 0.643 bits per heavy atom. The van der Waals surface area contributed by atoms with Gasteiger partial charge in [-0.3, -0.25) is 19.2 Å². The van der Waals surface area contributed by atoms with Crippen LogP contribution in [0.25, 0.3) is 0 Å². The number of aryl methyl sites for hydroxylation is 2. The number of rotatable bonds is 11. The maximum Gasteiger partial charge on any atom is 0.248 e. The minimum atomic E-state index is -0.399. The fourth-order valence-corrected chi connectivity index (χ4v) is 3.88. The van der Waals surface area contributed by atoms with Crippen molar-refractivity contribution in [2.24, 2.45) is 0 Å². The summed E-state index contributed by atoms with van der Waals surface area (Å²) in [6.45, 7) is 0. The van der Waals surface area contributed by atoms with Crippen molar-refractivity contribution in [3.05, 3.63) is 145 Å². The van der Waals surface area contributed by atoms with Gasteiger partial charge in [-0.05, 0) is 72.5 Å². The highest BCUT2D eigenvalue weighted by Crippen LogP contribution is 2.15. The lowest BCUT2D eigenvalue weighted by Gasteiger charge is -2.07. The van der Waals surface area contributed by atoms with Crippen molar-refractivity contribution in [1.82, 2.24) is 0 Å². The zero-order valence-corrected chi connectivity index (χ0v) is 22.7. The fraction of sp³-hybridized carbons (Fsp3) is 0.0588. The fourth-order valence-electron chi connectivity index (χ4n) is 3.88. The first-order valence-electron chi connectivity index (χ1n) is 13.3. The minimum absolute atomic E-state index is 0.387. The van der Waals surface area contributed by atoms with E-state index in [0.29, 0.717) is 22.7 Å². The summed E-state index contributed by atoms with van der Waals surface area (Å²) in [6.07, 6.45) is 6.34. The lowest BCUT2D eigenvalue weighted by Crippen LogP contribution is -2.12. The molecule has 42 heavy (non-hydrogen) atoms. The number of hydrogen-bond acceptors (Lipinski definition) is 4. The maximum atomic E-state index is 12.2. The summed E-state index contributed by atoms with van der Waals surface area (Å²) in [4.78, 5) is 48.2. The lowest BCUT2D eigenvalue weighted by atomic mass is 10.0. The van der Waals surface area contributed by atoms with E-state index < -0.39 is 11.8 Å². The Balaban J connectivity index is 1.17. The summed E-state index contributed by atoms with van der Waals surface area (Å²) >= 11 is 0. The molecule has 0 aliphatic carbocycles. The molecule has 4 N–H and O–H groups in total. The highest BCUT2D eigenvalue weighted by Gasteiger charge is 2.04. The third kappa shape index (κ3) is 10.1. The first kappa shape index (κ1) is 29.2. The second-order valence-corrected chi connectivity index (χ2v) is 9.25. The molecule has 0 saturated heterocycles. The van der Waals surface area contributed by atoms with E-state index in [1.54, 1.807) is 24.3 Å². The number of carbonyl (C=O) groups is 4. The first-order chi connectivity index (χ1) is 20.4. The van der Waals surface area contributed by atoms with E-state index in [0.717, 1.165) is 24.0 Å². The monoisotopic (exact) mass is 558 g/mol. The molecule has 0 aliphatic rings. The van der Waals surface area contributed by atoms with Gasteiger partial charge in [0.05, 0.1) is 0 Å². The van der Waals surface area contributed by atoms with E-state index in [1.807, 2.05) is 84.9 Å². The van der Waals surface area contributed by atoms with Crippen LogP contribution in [0, 0.1) is 0 Å². The molecule has 0 unspecified atom stereocenters. The molecule has 8 nitrogen and oxygen atoms in total. The molecule has 0 aromatic heterocycles. The molecule has 4 rings (SSSR count). The van der Waals surface area contributed by atoms with Crippen LogP contribution in [0.4, 0.5) is 22.7 Å². The second kappa shape index (κ2) is 15.1. The number of para-hydroxylation sites is 2. The zero-order valence-electron chi connectivity index (χ0n) is 22.7. The van der Waals surface area contributed by atoms with Crippen LogP contribution in [-0.4, -0.2) is 23.6 Å². The Morgan fingerprint density at radius 1 is 0.381 bits per heavy atom. The lowest BCUT2D eigenvalue weighted by molar-refractivity contribution is -0.114. The van der Waals surface area contributed by atoms with Gasteiger partial charge in [-0.15, -0.1) is 0 Å². The molecule has 4 aromatic rings. The smallest absolute Gasteiger partial charge is 0.248 e. The van der Waals surface area contributed by atoms with Gasteiger partial charge in [0.15, 0.2) is 0 Å². The topological polar surface area (TPSA) is 116 Å². The van der Waals surface area contributed by atoms with E-state index in [2.05, 4.69) is 21.3 Å². The molecular weight excluding hydrogens is 528 g/mol. The van der Waals surface area contributed by atoms with Crippen molar-refractivity contribution in [2.75, 3.05) is 21.3 Å². The summed E-state index contributed by atoms with van der Waals surface area (Å²) in [5.41, 5.74) is 4.76. The third-order valence-electron chi connectivity index (χ3n) is 6.00. The second-order valence-electron chi connectivity index (χ2n) is 9.25. The number of benzene rings is 4. The Kier molecular flexibility index (Phi) is 10.5.